The molecule has 0 rings (SSSR count). The predicted octanol–water partition coefficient (Wildman–Crippen LogP) is 5.78. The Morgan fingerprint density at radius 2 is 1.40 bits per heavy atom. The first-order valence-corrected chi connectivity index (χ1v) is 8.51. The third-order valence-electron chi connectivity index (χ3n) is 3.41. The van der Waals surface area contributed by atoms with Crippen molar-refractivity contribution in [3.05, 3.63) is 12.2 Å². The number of nitrogens with zero attached hydrogens (tertiary/aromatic N) is 1. The van der Waals surface area contributed by atoms with Gasteiger partial charge in [0.15, 0.2) is 0 Å². The summed E-state index contributed by atoms with van der Waals surface area (Å²) in [7, 11) is 0. The smallest absolute Gasteiger partial charge is 0.0645 e. The molecule has 20 heavy (non-hydrogen) atoms. The van der Waals surface area contributed by atoms with Gasteiger partial charge in [-0.15, -0.1) is 0 Å². The van der Waals surface area contributed by atoms with E-state index >= 15 is 0 Å². The van der Waals surface area contributed by atoms with Crippen LogP contribution in [0.3, 0.4) is 0 Å². The molecule has 0 N–H and O–H groups in total. The lowest BCUT2D eigenvalue weighted by Crippen LogP contribution is -1.95. The van der Waals surface area contributed by atoms with E-state index in [4.69, 9.17) is 10.00 Å². The van der Waals surface area contributed by atoms with Crippen molar-refractivity contribution in [3.8, 4) is 6.07 Å². The second-order valence-corrected chi connectivity index (χ2v) is 5.40. The molecular formula is C18H33NO. The van der Waals surface area contributed by atoms with Crippen molar-refractivity contribution in [1.82, 2.24) is 0 Å². The van der Waals surface area contributed by atoms with Gasteiger partial charge in [-0.05, 0) is 25.7 Å². The zero-order valence-electron chi connectivity index (χ0n) is 13.4. The lowest BCUT2D eigenvalue weighted by Gasteiger charge is -2.00. The van der Waals surface area contributed by atoms with Gasteiger partial charge in [0.2, 0.25) is 0 Å². The minimum Gasteiger partial charge on any atom is -0.380 e. The maximum atomic E-state index is 8.34. The van der Waals surface area contributed by atoms with Crippen LogP contribution in [0.1, 0.15) is 84.0 Å². The van der Waals surface area contributed by atoms with Gasteiger partial charge in [0.05, 0.1) is 19.1 Å². The zero-order valence-corrected chi connectivity index (χ0v) is 13.4. The van der Waals surface area contributed by atoms with Crippen molar-refractivity contribution in [1.29, 1.82) is 5.26 Å². The number of unbranched alkanes of at least 4 members (excludes halogenated alkanes) is 9. The number of nitriles is 1. The van der Waals surface area contributed by atoms with Gasteiger partial charge in [-0.3, -0.25) is 0 Å². The second kappa shape index (κ2) is 18.2. The predicted molar refractivity (Wildman–Crippen MR) is 86.7 cm³/mol. The van der Waals surface area contributed by atoms with Gasteiger partial charge < -0.3 is 4.74 Å². The van der Waals surface area contributed by atoms with Gasteiger partial charge in [0, 0.05) is 6.61 Å². The third-order valence-corrected chi connectivity index (χ3v) is 3.41. The van der Waals surface area contributed by atoms with Gasteiger partial charge >= 0.3 is 0 Å². The zero-order chi connectivity index (χ0) is 14.7. The summed E-state index contributed by atoms with van der Waals surface area (Å²) in [6, 6.07) is 2.08. The van der Waals surface area contributed by atoms with Crippen molar-refractivity contribution in [2.45, 2.75) is 84.0 Å². The molecule has 0 unspecified atom stereocenters. The van der Waals surface area contributed by atoms with Crippen LogP contribution in [-0.4, -0.2) is 13.2 Å². The quantitative estimate of drug-likeness (QED) is 0.281. The van der Waals surface area contributed by atoms with Crippen molar-refractivity contribution in [2.24, 2.45) is 0 Å². The van der Waals surface area contributed by atoms with E-state index in [1.165, 1.54) is 57.8 Å². The van der Waals surface area contributed by atoms with Crippen molar-refractivity contribution in [3.63, 3.8) is 0 Å². The summed E-state index contributed by atoms with van der Waals surface area (Å²) >= 11 is 0. The largest absolute Gasteiger partial charge is 0.380 e. The summed E-state index contributed by atoms with van der Waals surface area (Å²) in [5.41, 5.74) is 0. The molecule has 0 aromatic rings. The van der Waals surface area contributed by atoms with Crippen molar-refractivity contribution >= 4 is 0 Å². The number of hydrogen-bond acceptors (Lipinski definition) is 2. The van der Waals surface area contributed by atoms with Crippen LogP contribution < -0.4 is 0 Å². The normalized spacial score (nSPS) is 11.0. The summed E-state index contributed by atoms with van der Waals surface area (Å²) in [5, 5.41) is 8.34. The summed E-state index contributed by atoms with van der Waals surface area (Å²) < 4.78 is 5.32. The minimum absolute atomic E-state index is 0.508. The molecule has 0 heterocycles. The van der Waals surface area contributed by atoms with Gasteiger partial charge in [0.25, 0.3) is 0 Å². The van der Waals surface area contributed by atoms with Gasteiger partial charge in [-0.25, -0.2) is 0 Å². The molecule has 0 aliphatic rings. The molecule has 0 saturated heterocycles. The van der Waals surface area contributed by atoms with Gasteiger partial charge in [-0.1, -0.05) is 64.0 Å². The van der Waals surface area contributed by atoms with Gasteiger partial charge in [0.1, 0.15) is 0 Å². The average molecular weight is 279 g/mol. The number of rotatable bonds is 15. The van der Waals surface area contributed by atoms with E-state index in [2.05, 4.69) is 25.1 Å². The third kappa shape index (κ3) is 17.2. The maximum absolute atomic E-state index is 8.34. The molecule has 0 bridgehead atoms. The number of hydrogen-bond donors (Lipinski definition) is 0. The van der Waals surface area contributed by atoms with Crippen LogP contribution in [0.2, 0.25) is 0 Å². The molecule has 0 aliphatic heterocycles. The van der Waals surface area contributed by atoms with E-state index in [1.807, 2.05) is 0 Å². The fourth-order valence-electron chi connectivity index (χ4n) is 2.15. The molecule has 0 amide bonds. The van der Waals surface area contributed by atoms with E-state index in [9.17, 15) is 0 Å². The van der Waals surface area contributed by atoms with Crippen molar-refractivity contribution < 1.29 is 4.74 Å². The Bertz CT molecular complexity index is 242. The lowest BCUT2D eigenvalue weighted by molar-refractivity contribution is 0.138. The molecule has 0 radical (unpaired) electrons. The van der Waals surface area contributed by atoms with Crippen LogP contribution in [0, 0.1) is 11.3 Å². The molecule has 0 aromatic carbocycles. The fraction of sp³-hybridized carbons (Fsp3) is 0.833. The van der Waals surface area contributed by atoms with E-state index in [0.29, 0.717) is 13.0 Å². The van der Waals surface area contributed by atoms with Crippen LogP contribution in [0.15, 0.2) is 12.2 Å². The first kappa shape index (κ1) is 19.2. The SMILES string of the molecule is CCCCCCCCCC/C=C/CCCOCCC#N. The first-order valence-electron chi connectivity index (χ1n) is 8.51. The standard InChI is InChI=1S/C18H33NO/c1-2-3-4-5-6-7-8-9-10-11-12-13-14-17-20-18-15-16-19/h11-12H,2-10,13-15,17-18H2,1H3/b12-11+. The Hall–Kier alpha value is -0.810. The Morgan fingerprint density at radius 1 is 0.800 bits per heavy atom. The Kier molecular flexibility index (Phi) is 17.5. The van der Waals surface area contributed by atoms with Crippen LogP contribution in [0.25, 0.3) is 0 Å². The van der Waals surface area contributed by atoms with Crippen LogP contribution >= 0.6 is 0 Å². The summed E-state index contributed by atoms with van der Waals surface area (Å²) in [5.74, 6) is 0. The van der Waals surface area contributed by atoms with E-state index in [1.54, 1.807) is 0 Å². The molecule has 2 heteroatoms. The molecule has 0 atom stereocenters. The molecular weight excluding hydrogens is 246 g/mol. The highest BCUT2D eigenvalue weighted by Gasteiger charge is 1.90. The lowest BCUT2D eigenvalue weighted by atomic mass is 10.1. The highest BCUT2D eigenvalue weighted by molar-refractivity contribution is 4.81. The number of allylic oxidation sites excluding steroid dienone is 2. The maximum Gasteiger partial charge on any atom is 0.0645 e. The van der Waals surface area contributed by atoms with E-state index < -0.39 is 0 Å². The summed E-state index contributed by atoms with van der Waals surface area (Å²) in [4.78, 5) is 0. The minimum atomic E-state index is 0.508. The highest BCUT2D eigenvalue weighted by atomic mass is 16.5. The van der Waals surface area contributed by atoms with Crippen LogP contribution in [0.4, 0.5) is 0 Å². The summed E-state index contributed by atoms with van der Waals surface area (Å²) in [6.07, 6.45) is 19.6. The molecule has 0 aliphatic carbocycles. The van der Waals surface area contributed by atoms with E-state index in [-0.39, 0.29) is 0 Å². The molecule has 0 fully saturated rings. The van der Waals surface area contributed by atoms with Gasteiger partial charge in [-0.2, -0.15) is 5.26 Å². The monoisotopic (exact) mass is 279 g/mol. The Balaban J connectivity index is 3.03. The number of ether oxygens (including phenoxy) is 1. The summed E-state index contributed by atoms with van der Waals surface area (Å²) in [6.45, 7) is 3.63. The average Bonchev–Trinajstić information content (AvgIpc) is 2.47. The molecule has 116 valence electrons. The van der Waals surface area contributed by atoms with E-state index in [0.717, 1.165) is 19.4 Å². The molecule has 0 aromatic heterocycles. The Morgan fingerprint density at radius 3 is 2.05 bits per heavy atom. The Labute approximate surface area is 126 Å². The van der Waals surface area contributed by atoms with Crippen LogP contribution in [-0.2, 0) is 4.74 Å². The van der Waals surface area contributed by atoms with Crippen LogP contribution in [0.5, 0.6) is 0 Å². The van der Waals surface area contributed by atoms with Crippen molar-refractivity contribution in [2.75, 3.05) is 13.2 Å². The topological polar surface area (TPSA) is 33.0 Å². The first-order chi connectivity index (χ1) is 9.91. The second-order valence-electron chi connectivity index (χ2n) is 5.40. The fourth-order valence-corrected chi connectivity index (χ4v) is 2.15. The molecule has 2 nitrogen and oxygen atoms in total. The highest BCUT2D eigenvalue weighted by Crippen LogP contribution is 2.09. The molecule has 0 spiro atoms. The molecule has 0 saturated carbocycles.